The fraction of sp³-hybridized carbons (Fsp3) is 0.500. The van der Waals surface area contributed by atoms with Gasteiger partial charge in [-0.1, -0.05) is 0 Å². The van der Waals surface area contributed by atoms with Crippen LogP contribution in [0.15, 0.2) is 24.3 Å². The fourth-order valence-electron chi connectivity index (χ4n) is 3.43. The van der Waals surface area contributed by atoms with E-state index in [1.807, 2.05) is 19.9 Å². The number of nitrogens with zero attached hydrogens (tertiary/aromatic N) is 3. The number of halogens is 1. The van der Waals surface area contributed by atoms with Crippen LogP contribution >= 0.6 is 0 Å². The molecule has 3 rings (SSSR count). The van der Waals surface area contributed by atoms with Gasteiger partial charge in [-0.15, -0.1) is 0 Å². The summed E-state index contributed by atoms with van der Waals surface area (Å²) < 4.78 is 22.0. The fourth-order valence-corrected chi connectivity index (χ4v) is 3.43. The SMILES string of the molecule is Cc1cc(C)n(-c2ccc(C(=O)N3CCC(OCCCN)CC3)cc2F)n1. The second-order valence-electron chi connectivity index (χ2n) is 7.01. The van der Waals surface area contributed by atoms with Gasteiger partial charge in [0.25, 0.3) is 5.91 Å². The smallest absolute Gasteiger partial charge is 0.253 e. The number of benzene rings is 1. The Morgan fingerprint density at radius 3 is 2.63 bits per heavy atom. The number of rotatable bonds is 6. The number of carbonyl (C=O) groups is 1. The summed E-state index contributed by atoms with van der Waals surface area (Å²) >= 11 is 0. The summed E-state index contributed by atoms with van der Waals surface area (Å²) in [5.41, 5.74) is 7.86. The van der Waals surface area contributed by atoms with Gasteiger partial charge in [-0.3, -0.25) is 4.79 Å². The van der Waals surface area contributed by atoms with E-state index in [1.165, 1.54) is 6.07 Å². The third-order valence-electron chi connectivity index (χ3n) is 4.86. The number of aryl methyl sites for hydroxylation is 2. The molecule has 1 aromatic carbocycles. The molecule has 1 aliphatic rings. The highest BCUT2D eigenvalue weighted by Crippen LogP contribution is 2.21. The maximum Gasteiger partial charge on any atom is 0.253 e. The zero-order valence-corrected chi connectivity index (χ0v) is 15.9. The van der Waals surface area contributed by atoms with Crippen LogP contribution in [-0.4, -0.2) is 52.9 Å². The van der Waals surface area contributed by atoms with E-state index in [4.69, 9.17) is 10.5 Å². The van der Waals surface area contributed by atoms with Crippen LogP contribution in [-0.2, 0) is 4.74 Å². The first kappa shape index (κ1) is 19.5. The molecular weight excluding hydrogens is 347 g/mol. The number of carbonyl (C=O) groups excluding carboxylic acids is 1. The molecule has 0 spiro atoms. The number of nitrogens with two attached hydrogens (primary N) is 1. The summed E-state index contributed by atoms with van der Waals surface area (Å²) in [6.45, 7) is 6.26. The predicted octanol–water partition coefficient (Wildman–Crippen LogP) is 2.60. The van der Waals surface area contributed by atoms with Gasteiger partial charge in [0.2, 0.25) is 0 Å². The molecule has 1 amide bonds. The molecule has 1 aliphatic heterocycles. The molecule has 0 atom stereocenters. The van der Waals surface area contributed by atoms with Crippen molar-refractivity contribution in [2.24, 2.45) is 5.73 Å². The number of aromatic nitrogens is 2. The van der Waals surface area contributed by atoms with Gasteiger partial charge in [-0.2, -0.15) is 5.10 Å². The minimum atomic E-state index is -0.452. The van der Waals surface area contributed by atoms with Crippen molar-refractivity contribution in [2.45, 2.75) is 39.2 Å². The minimum absolute atomic E-state index is 0.144. The zero-order chi connectivity index (χ0) is 19.4. The molecule has 7 heteroatoms. The summed E-state index contributed by atoms with van der Waals surface area (Å²) in [4.78, 5) is 14.5. The van der Waals surface area contributed by atoms with E-state index in [1.54, 1.807) is 21.7 Å². The number of amides is 1. The van der Waals surface area contributed by atoms with Crippen LogP contribution in [0.25, 0.3) is 5.69 Å². The molecule has 0 radical (unpaired) electrons. The highest BCUT2D eigenvalue weighted by Gasteiger charge is 2.24. The number of piperidine rings is 1. The Labute approximate surface area is 159 Å². The highest BCUT2D eigenvalue weighted by atomic mass is 19.1. The Hall–Kier alpha value is -2.25. The second kappa shape index (κ2) is 8.63. The molecule has 2 heterocycles. The lowest BCUT2D eigenvalue weighted by molar-refractivity contribution is 0.00843. The molecule has 0 saturated carbocycles. The molecule has 27 heavy (non-hydrogen) atoms. The molecular formula is C20H27FN4O2. The first-order valence-electron chi connectivity index (χ1n) is 9.43. The van der Waals surface area contributed by atoms with Gasteiger partial charge in [0.1, 0.15) is 11.5 Å². The van der Waals surface area contributed by atoms with Crippen molar-refractivity contribution >= 4 is 5.91 Å². The maximum atomic E-state index is 14.6. The van der Waals surface area contributed by atoms with Gasteiger partial charge in [-0.25, -0.2) is 9.07 Å². The summed E-state index contributed by atoms with van der Waals surface area (Å²) in [7, 11) is 0. The molecule has 1 aromatic heterocycles. The molecule has 1 saturated heterocycles. The van der Waals surface area contributed by atoms with E-state index in [2.05, 4.69) is 5.10 Å². The van der Waals surface area contributed by atoms with Crippen molar-refractivity contribution in [2.75, 3.05) is 26.2 Å². The first-order chi connectivity index (χ1) is 13.0. The van der Waals surface area contributed by atoms with E-state index >= 15 is 0 Å². The average Bonchev–Trinajstić information content (AvgIpc) is 3.00. The quantitative estimate of drug-likeness (QED) is 0.789. The van der Waals surface area contributed by atoms with Crippen LogP contribution < -0.4 is 5.73 Å². The van der Waals surface area contributed by atoms with E-state index in [9.17, 15) is 9.18 Å². The van der Waals surface area contributed by atoms with E-state index in [0.717, 1.165) is 30.7 Å². The van der Waals surface area contributed by atoms with Crippen LogP contribution in [0, 0.1) is 19.7 Å². The topological polar surface area (TPSA) is 73.4 Å². The predicted molar refractivity (Wildman–Crippen MR) is 102 cm³/mol. The van der Waals surface area contributed by atoms with Crippen molar-refractivity contribution in [1.82, 2.24) is 14.7 Å². The van der Waals surface area contributed by atoms with Crippen LogP contribution in [0.4, 0.5) is 4.39 Å². The van der Waals surface area contributed by atoms with E-state index < -0.39 is 5.82 Å². The van der Waals surface area contributed by atoms with Crippen molar-refractivity contribution < 1.29 is 13.9 Å². The highest BCUT2D eigenvalue weighted by molar-refractivity contribution is 5.94. The Morgan fingerprint density at radius 1 is 1.30 bits per heavy atom. The maximum absolute atomic E-state index is 14.6. The molecule has 6 nitrogen and oxygen atoms in total. The van der Waals surface area contributed by atoms with E-state index in [-0.39, 0.29) is 12.0 Å². The van der Waals surface area contributed by atoms with Gasteiger partial charge in [-0.05, 0) is 63.9 Å². The van der Waals surface area contributed by atoms with Crippen LogP contribution in [0.1, 0.15) is 41.0 Å². The molecule has 0 bridgehead atoms. The van der Waals surface area contributed by atoms with Gasteiger partial charge in [0, 0.05) is 31.0 Å². The second-order valence-corrected chi connectivity index (χ2v) is 7.01. The number of hydrogen-bond donors (Lipinski definition) is 1. The Morgan fingerprint density at radius 2 is 2.04 bits per heavy atom. The Bertz CT molecular complexity index is 797. The molecule has 146 valence electrons. The monoisotopic (exact) mass is 374 g/mol. The van der Waals surface area contributed by atoms with Gasteiger partial charge in [0.15, 0.2) is 0 Å². The van der Waals surface area contributed by atoms with Crippen molar-refractivity contribution in [3.05, 3.63) is 47.0 Å². The third kappa shape index (κ3) is 4.54. The van der Waals surface area contributed by atoms with Crippen LogP contribution in [0.2, 0.25) is 0 Å². The summed E-state index contributed by atoms with van der Waals surface area (Å²) in [6.07, 6.45) is 2.61. The standard InChI is InChI=1S/C20H27FN4O2/c1-14-12-15(2)25(23-14)19-5-4-16(13-18(19)21)20(26)24-9-6-17(7-10-24)27-11-3-8-22/h4-5,12-13,17H,3,6-11,22H2,1-2H3. The van der Waals surface area contributed by atoms with Crippen molar-refractivity contribution in [1.29, 1.82) is 0 Å². The third-order valence-corrected chi connectivity index (χ3v) is 4.86. The van der Waals surface area contributed by atoms with Gasteiger partial charge < -0.3 is 15.4 Å². The number of ether oxygens (including phenoxy) is 1. The molecule has 1 fully saturated rings. The molecule has 0 aliphatic carbocycles. The average molecular weight is 374 g/mol. The van der Waals surface area contributed by atoms with Crippen molar-refractivity contribution in [3.63, 3.8) is 0 Å². The number of hydrogen-bond acceptors (Lipinski definition) is 4. The van der Waals surface area contributed by atoms with Gasteiger partial charge >= 0.3 is 0 Å². The Kier molecular flexibility index (Phi) is 6.23. The van der Waals surface area contributed by atoms with E-state index in [0.29, 0.717) is 37.5 Å². The van der Waals surface area contributed by atoms with Crippen LogP contribution in [0.5, 0.6) is 0 Å². The van der Waals surface area contributed by atoms with Crippen molar-refractivity contribution in [3.8, 4) is 5.69 Å². The lowest BCUT2D eigenvalue weighted by Gasteiger charge is -2.32. The number of likely N-dealkylation sites (tertiary alicyclic amines) is 1. The molecule has 2 aromatic rings. The normalized spacial score (nSPS) is 15.3. The molecule has 0 unspecified atom stereocenters. The molecule has 2 N–H and O–H groups in total. The zero-order valence-electron chi connectivity index (χ0n) is 15.9. The lowest BCUT2D eigenvalue weighted by Crippen LogP contribution is -2.41. The summed E-state index contributed by atoms with van der Waals surface area (Å²) in [5, 5.41) is 4.30. The largest absolute Gasteiger partial charge is 0.378 e. The minimum Gasteiger partial charge on any atom is -0.378 e. The first-order valence-corrected chi connectivity index (χ1v) is 9.43. The Balaban J connectivity index is 1.64. The summed E-state index contributed by atoms with van der Waals surface area (Å²) in [6, 6.07) is 6.47. The van der Waals surface area contributed by atoms with Crippen LogP contribution in [0.3, 0.4) is 0 Å². The summed E-state index contributed by atoms with van der Waals surface area (Å²) in [5.74, 6) is -0.596. The lowest BCUT2D eigenvalue weighted by atomic mass is 10.1. The van der Waals surface area contributed by atoms with Gasteiger partial charge in [0.05, 0.1) is 11.8 Å².